The summed E-state index contributed by atoms with van der Waals surface area (Å²) in [5, 5.41) is 9.61. The van der Waals surface area contributed by atoms with E-state index in [0.717, 1.165) is 10.6 Å². The largest absolute Gasteiger partial charge is 0.493 e. The van der Waals surface area contributed by atoms with Crippen molar-refractivity contribution < 1.29 is 19.0 Å². The summed E-state index contributed by atoms with van der Waals surface area (Å²) in [7, 11) is 3.18. The molecule has 0 saturated carbocycles. The van der Waals surface area contributed by atoms with E-state index in [1.54, 1.807) is 43.3 Å². The molecule has 0 aliphatic carbocycles. The van der Waals surface area contributed by atoms with Crippen LogP contribution in [0.4, 0.5) is 5.69 Å². The van der Waals surface area contributed by atoms with Crippen molar-refractivity contribution in [1.82, 2.24) is 9.78 Å². The van der Waals surface area contributed by atoms with E-state index in [9.17, 15) is 4.79 Å². The van der Waals surface area contributed by atoms with Gasteiger partial charge in [-0.05, 0) is 35.7 Å². The predicted octanol–water partition coefficient (Wildman–Crippen LogP) is 4.89. The number of methoxy groups -OCH3 is 2. The Morgan fingerprint density at radius 2 is 1.88 bits per heavy atom. The van der Waals surface area contributed by atoms with Crippen molar-refractivity contribution in [1.29, 1.82) is 0 Å². The van der Waals surface area contributed by atoms with Gasteiger partial charge in [0.15, 0.2) is 11.5 Å². The summed E-state index contributed by atoms with van der Waals surface area (Å²) in [5.74, 6) is 0.847. The predicted molar refractivity (Wildman–Crippen MR) is 125 cm³/mol. The molecular formula is C24H23N3O4S. The molecule has 164 valence electrons. The lowest BCUT2D eigenvalue weighted by molar-refractivity contribution is 0.102. The van der Waals surface area contributed by atoms with Crippen molar-refractivity contribution in [2.24, 2.45) is 0 Å². The van der Waals surface area contributed by atoms with Crippen LogP contribution in [0.2, 0.25) is 0 Å². The van der Waals surface area contributed by atoms with Crippen LogP contribution >= 0.6 is 11.3 Å². The zero-order chi connectivity index (χ0) is 22.3. The number of rotatable bonds is 9. The Morgan fingerprint density at radius 3 is 2.59 bits per heavy atom. The summed E-state index contributed by atoms with van der Waals surface area (Å²) < 4.78 is 17.8. The van der Waals surface area contributed by atoms with Crippen molar-refractivity contribution in [2.45, 2.75) is 0 Å². The number of nitrogens with one attached hydrogen (secondary N) is 1. The van der Waals surface area contributed by atoms with Crippen LogP contribution in [0.15, 0.2) is 72.2 Å². The molecular weight excluding hydrogens is 426 g/mol. The molecule has 2 aromatic carbocycles. The van der Waals surface area contributed by atoms with Gasteiger partial charge in [-0.3, -0.25) is 4.79 Å². The maximum absolute atomic E-state index is 13.2. The molecule has 0 aliphatic rings. The number of hydrogen-bond acceptors (Lipinski definition) is 6. The molecule has 0 radical (unpaired) electrons. The molecule has 8 heteroatoms. The number of carbonyl (C=O) groups is 1. The molecule has 4 rings (SSSR count). The van der Waals surface area contributed by atoms with Crippen LogP contribution in [0.3, 0.4) is 0 Å². The van der Waals surface area contributed by atoms with E-state index < -0.39 is 0 Å². The Morgan fingerprint density at radius 1 is 1.03 bits per heavy atom. The first-order valence-corrected chi connectivity index (χ1v) is 10.9. The number of hydrogen-bond donors (Lipinski definition) is 1. The first-order chi connectivity index (χ1) is 15.7. The minimum atomic E-state index is -0.261. The normalized spacial score (nSPS) is 10.7. The van der Waals surface area contributed by atoms with Crippen LogP contribution in [-0.2, 0) is 4.74 Å². The molecule has 1 N–H and O–H groups in total. The quantitative estimate of drug-likeness (QED) is 0.369. The summed E-state index contributed by atoms with van der Waals surface area (Å²) in [6.07, 6.45) is 1.75. The molecule has 0 unspecified atom stereocenters. The zero-order valence-electron chi connectivity index (χ0n) is 17.8. The smallest absolute Gasteiger partial charge is 0.259 e. The van der Waals surface area contributed by atoms with Gasteiger partial charge in [0.25, 0.3) is 5.91 Å². The fourth-order valence-corrected chi connectivity index (χ4v) is 3.87. The third-order valence-corrected chi connectivity index (χ3v) is 5.58. The van der Waals surface area contributed by atoms with Crippen molar-refractivity contribution in [3.8, 4) is 27.8 Å². The van der Waals surface area contributed by atoms with E-state index in [1.165, 1.54) is 11.3 Å². The molecule has 2 aromatic heterocycles. The first kappa shape index (κ1) is 21.6. The number of nitrogens with zero attached hydrogens (tertiary/aromatic N) is 2. The van der Waals surface area contributed by atoms with Crippen LogP contribution < -0.4 is 14.8 Å². The van der Waals surface area contributed by atoms with Gasteiger partial charge in [0.05, 0.1) is 29.8 Å². The standard InChI is InChI=1S/C24H23N3O4S/c1-29-12-13-31-21-15-17(10-11-20(21)30-2)25-24(28)19-16-27(18-7-4-3-5-8-18)26-23(19)22-9-6-14-32-22/h3-11,14-16H,12-13H2,1-2H3,(H,25,28). The summed E-state index contributed by atoms with van der Waals surface area (Å²) in [6, 6.07) is 18.9. The number of amides is 1. The van der Waals surface area contributed by atoms with Crippen molar-refractivity contribution in [3.05, 3.63) is 77.8 Å². The Kier molecular flexibility index (Phi) is 6.84. The monoisotopic (exact) mass is 449 g/mol. The van der Waals surface area contributed by atoms with Gasteiger partial charge in [-0.1, -0.05) is 24.3 Å². The van der Waals surface area contributed by atoms with Crippen molar-refractivity contribution >= 4 is 22.9 Å². The minimum absolute atomic E-state index is 0.261. The lowest BCUT2D eigenvalue weighted by atomic mass is 10.2. The van der Waals surface area contributed by atoms with Crippen LogP contribution in [0.25, 0.3) is 16.3 Å². The number of ether oxygens (including phenoxy) is 3. The molecule has 32 heavy (non-hydrogen) atoms. The Hall–Kier alpha value is -3.62. The second-order valence-corrected chi connectivity index (χ2v) is 7.76. The molecule has 7 nitrogen and oxygen atoms in total. The third kappa shape index (κ3) is 4.82. The Balaban J connectivity index is 1.63. The fourth-order valence-electron chi connectivity index (χ4n) is 3.15. The number of benzene rings is 2. The second-order valence-electron chi connectivity index (χ2n) is 6.81. The van der Waals surface area contributed by atoms with Gasteiger partial charge in [0.2, 0.25) is 0 Å². The molecule has 2 heterocycles. The van der Waals surface area contributed by atoms with E-state index in [1.807, 2.05) is 47.8 Å². The highest BCUT2D eigenvalue weighted by Crippen LogP contribution is 2.32. The number of aromatic nitrogens is 2. The minimum Gasteiger partial charge on any atom is -0.493 e. The molecule has 4 aromatic rings. The molecule has 0 bridgehead atoms. The molecule has 0 aliphatic heterocycles. The molecule has 0 spiro atoms. The lowest BCUT2D eigenvalue weighted by Gasteiger charge is -2.12. The average molecular weight is 450 g/mol. The van der Waals surface area contributed by atoms with E-state index in [2.05, 4.69) is 10.4 Å². The highest BCUT2D eigenvalue weighted by molar-refractivity contribution is 7.13. The summed E-state index contributed by atoms with van der Waals surface area (Å²) >= 11 is 1.54. The number of carbonyl (C=O) groups excluding carboxylic acids is 1. The molecule has 1 amide bonds. The SMILES string of the molecule is COCCOc1cc(NC(=O)c2cn(-c3ccccc3)nc2-c2cccs2)ccc1OC. The van der Waals surface area contributed by atoms with E-state index in [4.69, 9.17) is 14.2 Å². The highest BCUT2D eigenvalue weighted by atomic mass is 32.1. The van der Waals surface area contributed by atoms with Gasteiger partial charge in [-0.2, -0.15) is 5.10 Å². The third-order valence-electron chi connectivity index (χ3n) is 4.70. The van der Waals surface area contributed by atoms with Crippen LogP contribution in [-0.4, -0.2) is 43.1 Å². The molecule has 0 saturated heterocycles. The van der Waals surface area contributed by atoms with E-state index in [-0.39, 0.29) is 5.91 Å². The van der Waals surface area contributed by atoms with Gasteiger partial charge < -0.3 is 19.5 Å². The summed E-state index contributed by atoms with van der Waals surface area (Å²) in [4.78, 5) is 14.2. The van der Waals surface area contributed by atoms with E-state index >= 15 is 0 Å². The summed E-state index contributed by atoms with van der Waals surface area (Å²) in [6.45, 7) is 0.819. The number of para-hydroxylation sites is 1. The second kappa shape index (κ2) is 10.1. The Bertz CT molecular complexity index is 1170. The number of anilines is 1. The van der Waals surface area contributed by atoms with Crippen LogP contribution in [0.1, 0.15) is 10.4 Å². The number of thiophene rings is 1. The zero-order valence-corrected chi connectivity index (χ0v) is 18.6. The van der Waals surface area contributed by atoms with Crippen LogP contribution in [0.5, 0.6) is 11.5 Å². The van der Waals surface area contributed by atoms with Gasteiger partial charge in [-0.15, -0.1) is 11.3 Å². The van der Waals surface area contributed by atoms with Crippen molar-refractivity contribution in [3.63, 3.8) is 0 Å². The van der Waals surface area contributed by atoms with Crippen molar-refractivity contribution in [2.75, 3.05) is 32.8 Å². The maximum Gasteiger partial charge on any atom is 0.259 e. The Labute approximate surface area is 190 Å². The highest BCUT2D eigenvalue weighted by Gasteiger charge is 2.20. The van der Waals surface area contributed by atoms with Gasteiger partial charge >= 0.3 is 0 Å². The first-order valence-electron chi connectivity index (χ1n) is 9.99. The molecule has 0 fully saturated rings. The topological polar surface area (TPSA) is 74.6 Å². The fraction of sp³-hybridized carbons (Fsp3) is 0.167. The van der Waals surface area contributed by atoms with E-state index in [0.29, 0.717) is 41.7 Å². The van der Waals surface area contributed by atoms with Gasteiger partial charge in [0, 0.05) is 25.1 Å². The molecule has 0 atom stereocenters. The van der Waals surface area contributed by atoms with Crippen LogP contribution in [0, 0.1) is 0 Å². The maximum atomic E-state index is 13.2. The van der Waals surface area contributed by atoms with Gasteiger partial charge in [-0.25, -0.2) is 4.68 Å². The van der Waals surface area contributed by atoms with Gasteiger partial charge in [0.1, 0.15) is 12.3 Å². The lowest BCUT2D eigenvalue weighted by Crippen LogP contribution is -2.12. The average Bonchev–Trinajstić information content (AvgIpc) is 3.50. The summed E-state index contributed by atoms with van der Waals surface area (Å²) in [5.41, 5.74) is 2.58.